The van der Waals surface area contributed by atoms with Gasteiger partial charge in [0, 0.05) is 12.8 Å². The van der Waals surface area contributed by atoms with Crippen molar-refractivity contribution >= 4 is 11.9 Å². The lowest BCUT2D eigenvalue weighted by atomic mass is 10.0. The van der Waals surface area contributed by atoms with Crippen molar-refractivity contribution in [2.45, 2.75) is 39.2 Å². The molecule has 8 nitrogen and oxygen atoms in total. The summed E-state index contributed by atoms with van der Waals surface area (Å²) in [5, 5.41) is 19.9. The molecule has 0 heterocycles. The van der Waals surface area contributed by atoms with E-state index in [0.717, 1.165) is 16.7 Å². The summed E-state index contributed by atoms with van der Waals surface area (Å²) in [6, 6.07) is 11.2. The molecule has 0 aliphatic rings. The van der Waals surface area contributed by atoms with Crippen LogP contribution in [0, 0.1) is 30.0 Å². The summed E-state index contributed by atoms with van der Waals surface area (Å²) in [5.74, 6) is 0.0771. The molecule has 0 aliphatic carbocycles. The van der Waals surface area contributed by atoms with Gasteiger partial charge in [-0.2, -0.15) is 0 Å². The van der Waals surface area contributed by atoms with Crippen molar-refractivity contribution in [3.8, 4) is 24.0 Å². The molecule has 1 N–H and O–H groups in total. The van der Waals surface area contributed by atoms with E-state index in [1.807, 2.05) is 13.0 Å². The van der Waals surface area contributed by atoms with Gasteiger partial charge in [-0.25, -0.2) is 4.79 Å². The monoisotopic (exact) mass is 421 g/mol. The number of rotatable bonds is 10. The molecule has 0 saturated heterocycles. The minimum absolute atomic E-state index is 0.183. The molecule has 31 heavy (non-hydrogen) atoms. The van der Waals surface area contributed by atoms with Crippen LogP contribution in [0.5, 0.6) is 11.5 Å². The zero-order valence-corrected chi connectivity index (χ0v) is 17.4. The Morgan fingerprint density at radius 1 is 1.03 bits per heavy atom. The Morgan fingerprint density at radius 3 is 2.32 bits per heavy atom. The van der Waals surface area contributed by atoms with E-state index in [-0.39, 0.29) is 25.4 Å². The minimum Gasteiger partial charge on any atom is -0.464 e. The summed E-state index contributed by atoms with van der Waals surface area (Å²) in [5.41, 5.74) is 2.50. The van der Waals surface area contributed by atoms with Gasteiger partial charge >= 0.3 is 5.97 Å². The largest absolute Gasteiger partial charge is 0.464 e. The topological polar surface area (TPSA) is 121 Å². The number of nitriles is 2. The number of benzene rings is 2. The van der Waals surface area contributed by atoms with Gasteiger partial charge in [0.15, 0.2) is 0 Å². The van der Waals surface area contributed by atoms with Gasteiger partial charge in [-0.1, -0.05) is 24.3 Å². The Labute approximate surface area is 181 Å². The van der Waals surface area contributed by atoms with E-state index in [4.69, 9.17) is 24.7 Å². The van der Waals surface area contributed by atoms with Crippen molar-refractivity contribution in [2.24, 2.45) is 0 Å². The number of nitrogens with zero attached hydrogens (tertiary/aromatic N) is 2. The Kier molecular flexibility index (Phi) is 8.88. The van der Waals surface area contributed by atoms with Gasteiger partial charge in [0.2, 0.25) is 5.91 Å². The van der Waals surface area contributed by atoms with E-state index in [0.29, 0.717) is 17.9 Å². The molecule has 160 valence electrons. The zero-order chi connectivity index (χ0) is 22.6. The van der Waals surface area contributed by atoms with Gasteiger partial charge < -0.3 is 19.5 Å². The van der Waals surface area contributed by atoms with Crippen molar-refractivity contribution in [1.29, 1.82) is 10.5 Å². The van der Waals surface area contributed by atoms with Crippen LogP contribution in [0.25, 0.3) is 0 Å². The van der Waals surface area contributed by atoms with Crippen molar-refractivity contribution in [3.05, 3.63) is 59.2 Å². The first kappa shape index (κ1) is 23.2. The first-order chi connectivity index (χ1) is 15.0. The van der Waals surface area contributed by atoms with Crippen molar-refractivity contribution in [2.75, 3.05) is 6.61 Å². The Balaban J connectivity index is 1.99. The smallest absolute Gasteiger partial charge is 0.328 e. The molecule has 2 aromatic carbocycles. The van der Waals surface area contributed by atoms with Gasteiger partial charge in [-0.05, 0) is 55.2 Å². The maximum absolute atomic E-state index is 12.5. The van der Waals surface area contributed by atoms with Crippen molar-refractivity contribution < 1.29 is 23.8 Å². The first-order valence-corrected chi connectivity index (χ1v) is 9.73. The molecule has 0 aliphatic heterocycles. The van der Waals surface area contributed by atoms with Crippen LogP contribution in [-0.2, 0) is 27.2 Å². The Hall–Kier alpha value is -4.04. The summed E-state index contributed by atoms with van der Waals surface area (Å²) in [4.78, 5) is 24.8. The third-order valence-electron chi connectivity index (χ3n) is 4.47. The number of hydrogen-bond acceptors (Lipinski definition) is 7. The van der Waals surface area contributed by atoms with Crippen LogP contribution in [0.4, 0.5) is 0 Å². The number of carbonyl (C=O) groups excluding carboxylic acids is 2. The number of esters is 1. The molecule has 8 heteroatoms. The van der Waals surface area contributed by atoms with Crippen LogP contribution >= 0.6 is 0 Å². The van der Waals surface area contributed by atoms with Crippen molar-refractivity contribution in [1.82, 2.24) is 5.32 Å². The highest BCUT2D eigenvalue weighted by molar-refractivity contribution is 5.84. The van der Waals surface area contributed by atoms with Gasteiger partial charge in [-0.3, -0.25) is 4.79 Å². The molecular weight excluding hydrogens is 398 g/mol. The zero-order valence-electron chi connectivity index (χ0n) is 17.4. The Morgan fingerprint density at radius 2 is 1.71 bits per heavy atom. The summed E-state index contributed by atoms with van der Waals surface area (Å²) in [6.45, 7) is 3.73. The number of nitrogens with one attached hydrogen (secondary N) is 1. The molecule has 0 saturated carbocycles. The molecule has 1 amide bonds. The molecular formula is C23H23N3O5. The van der Waals surface area contributed by atoms with Gasteiger partial charge in [0.1, 0.15) is 17.5 Å². The van der Waals surface area contributed by atoms with Crippen LogP contribution < -0.4 is 14.8 Å². The Bertz CT molecular complexity index is 990. The summed E-state index contributed by atoms with van der Waals surface area (Å²) >= 11 is 0. The highest BCUT2D eigenvalue weighted by Crippen LogP contribution is 2.20. The molecule has 0 fully saturated rings. The SMILES string of the molecule is CCOC(=O)C(Cc1ccc(OC#N)cc1)NC(=O)CCc1ccc(OC#N)c(C)c1. The van der Waals surface area contributed by atoms with Gasteiger partial charge in [0.25, 0.3) is 12.5 Å². The van der Waals surface area contributed by atoms with E-state index in [1.165, 1.54) is 0 Å². The van der Waals surface area contributed by atoms with E-state index in [9.17, 15) is 9.59 Å². The quantitative estimate of drug-likeness (QED) is 0.462. The third-order valence-corrected chi connectivity index (χ3v) is 4.47. The van der Waals surface area contributed by atoms with Crippen LogP contribution in [0.2, 0.25) is 0 Å². The highest BCUT2D eigenvalue weighted by Gasteiger charge is 2.22. The highest BCUT2D eigenvalue weighted by atomic mass is 16.5. The van der Waals surface area contributed by atoms with Crippen LogP contribution in [0.1, 0.15) is 30.0 Å². The molecule has 1 unspecified atom stereocenters. The third kappa shape index (κ3) is 7.37. The molecule has 2 aromatic rings. The normalized spacial score (nSPS) is 10.8. The van der Waals surface area contributed by atoms with Crippen LogP contribution in [-0.4, -0.2) is 24.5 Å². The maximum Gasteiger partial charge on any atom is 0.328 e. The second-order valence-corrected chi connectivity index (χ2v) is 6.71. The number of aryl methyl sites for hydroxylation is 2. The summed E-state index contributed by atoms with van der Waals surface area (Å²) < 4.78 is 14.7. The van der Waals surface area contributed by atoms with E-state index < -0.39 is 12.0 Å². The fraction of sp³-hybridized carbons (Fsp3) is 0.304. The molecule has 0 radical (unpaired) electrons. The first-order valence-electron chi connectivity index (χ1n) is 9.73. The van der Waals surface area contributed by atoms with E-state index in [1.54, 1.807) is 55.8 Å². The predicted molar refractivity (Wildman–Crippen MR) is 111 cm³/mol. The lowest BCUT2D eigenvalue weighted by Gasteiger charge is -2.17. The fourth-order valence-corrected chi connectivity index (χ4v) is 2.97. The number of ether oxygens (including phenoxy) is 3. The minimum atomic E-state index is -0.830. The van der Waals surface area contributed by atoms with Crippen molar-refractivity contribution in [3.63, 3.8) is 0 Å². The van der Waals surface area contributed by atoms with E-state index in [2.05, 4.69) is 5.32 Å². The van der Waals surface area contributed by atoms with Gasteiger partial charge in [0.05, 0.1) is 6.61 Å². The predicted octanol–water partition coefficient (Wildman–Crippen LogP) is 2.94. The fourth-order valence-electron chi connectivity index (χ4n) is 2.97. The standard InChI is InChI=1S/C23H23N3O5/c1-3-29-23(28)20(13-18-4-8-19(9-5-18)30-14-24)26-22(27)11-7-17-6-10-21(31-15-25)16(2)12-17/h4-6,8-10,12,20H,3,7,11,13H2,1-2H3,(H,26,27). The average molecular weight is 421 g/mol. The summed E-state index contributed by atoms with van der Waals surface area (Å²) in [6.07, 6.45) is 4.13. The second kappa shape index (κ2) is 11.8. The number of carbonyl (C=O) groups is 2. The summed E-state index contributed by atoms with van der Waals surface area (Å²) in [7, 11) is 0. The second-order valence-electron chi connectivity index (χ2n) is 6.71. The molecule has 1 atom stereocenters. The average Bonchev–Trinajstić information content (AvgIpc) is 2.75. The van der Waals surface area contributed by atoms with E-state index >= 15 is 0 Å². The lowest BCUT2D eigenvalue weighted by molar-refractivity contribution is -0.147. The van der Waals surface area contributed by atoms with Crippen LogP contribution in [0.15, 0.2) is 42.5 Å². The number of hydrogen-bond donors (Lipinski definition) is 1. The molecule has 0 bridgehead atoms. The molecule has 2 rings (SSSR count). The molecule has 0 spiro atoms. The molecule has 0 aromatic heterocycles. The maximum atomic E-state index is 12.5. The number of amides is 1. The van der Waals surface area contributed by atoms with Gasteiger partial charge in [-0.15, -0.1) is 10.5 Å². The lowest BCUT2D eigenvalue weighted by Crippen LogP contribution is -2.43. The van der Waals surface area contributed by atoms with Crippen LogP contribution in [0.3, 0.4) is 0 Å².